The Morgan fingerprint density at radius 3 is 2.58 bits per heavy atom. The van der Waals surface area contributed by atoms with E-state index in [1.807, 2.05) is 0 Å². The molecule has 1 aromatic rings. The molecule has 0 aromatic heterocycles. The van der Waals surface area contributed by atoms with Gasteiger partial charge in [0.2, 0.25) is 0 Å². The number of piperidine rings is 1. The fourth-order valence-corrected chi connectivity index (χ4v) is 3.55. The lowest BCUT2D eigenvalue weighted by molar-refractivity contribution is -0.139. The first-order chi connectivity index (χ1) is 12.5. The van der Waals surface area contributed by atoms with Crippen LogP contribution in [0, 0.1) is 17.6 Å². The Kier molecular flexibility index (Phi) is 6.43. The van der Waals surface area contributed by atoms with Crippen LogP contribution in [0.5, 0.6) is 5.75 Å². The summed E-state index contributed by atoms with van der Waals surface area (Å²) in [6.07, 6.45) is 1.12. The van der Waals surface area contributed by atoms with Gasteiger partial charge < -0.3 is 14.4 Å². The van der Waals surface area contributed by atoms with Crippen LogP contribution in [0.15, 0.2) is 18.2 Å². The summed E-state index contributed by atoms with van der Waals surface area (Å²) in [5.74, 6) is -1.14. The summed E-state index contributed by atoms with van der Waals surface area (Å²) < 4.78 is 37.4. The molecule has 7 heteroatoms. The van der Waals surface area contributed by atoms with Gasteiger partial charge in [0.25, 0.3) is 5.91 Å². The zero-order chi connectivity index (χ0) is 18.5. The Bertz CT molecular complexity index is 615. The van der Waals surface area contributed by atoms with E-state index in [0.717, 1.165) is 57.8 Å². The van der Waals surface area contributed by atoms with Crippen LogP contribution in [0.3, 0.4) is 0 Å². The van der Waals surface area contributed by atoms with Gasteiger partial charge in [-0.05, 0) is 37.8 Å². The average Bonchev–Trinajstić information content (AvgIpc) is 2.65. The highest BCUT2D eigenvalue weighted by molar-refractivity contribution is 5.81. The summed E-state index contributed by atoms with van der Waals surface area (Å²) in [7, 11) is 0. The molecule has 0 saturated carbocycles. The second-order valence-corrected chi connectivity index (χ2v) is 7.02. The van der Waals surface area contributed by atoms with Crippen molar-refractivity contribution < 1.29 is 23.0 Å². The second kappa shape index (κ2) is 8.77. The summed E-state index contributed by atoms with van der Waals surface area (Å²) in [6.45, 7) is 7.59. The second-order valence-electron chi connectivity index (χ2n) is 7.02. The largest absolute Gasteiger partial charge is 0.478 e. The molecule has 2 saturated heterocycles. The van der Waals surface area contributed by atoms with Crippen LogP contribution in [0.2, 0.25) is 0 Å². The van der Waals surface area contributed by atoms with E-state index >= 15 is 0 Å². The van der Waals surface area contributed by atoms with Crippen LogP contribution >= 0.6 is 0 Å². The van der Waals surface area contributed by atoms with Crippen molar-refractivity contribution in [2.75, 3.05) is 45.9 Å². The van der Waals surface area contributed by atoms with Crippen molar-refractivity contribution in [1.82, 2.24) is 9.80 Å². The van der Waals surface area contributed by atoms with Gasteiger partial charge in [-0.3, -0.25) is 9.69 Å². The predicted molar refractivity (Wildman–Crippen MR) is 93.0 cm³/mol. The summed E-state index contributed by atoms with van der Waals surface area (Å²) in [6, 6.07) is 3.08. The molecule has 0 radical (unpaired) electrons. The number of rotatable bonds is 5. The normalized spacial score (nSPS) is 20.8. The zero-order valence-corrected chi connectivity index (χ0v) is 15.1. The Morgan fingerprint density at radius 2 is 1.92 bits per heavy atom. The molecule has 0 bridgehead atoms. The Morgan fingerprint density at radius 1 is 1.23 bits per heavy atom. The maximum atomic E-state index is 13.7. The van der Waals surface area contributed by atoms with E-state index in [0.29, 0.717) is 19.0 Å². The van der Waals surface area contributed by atoms with Gasteiger partial charge in [0.15, 0.2) is 17.7 Å². The smallest absolute Gasteiger partial charge is 0.263 e. The fourth-order valence-electron chi connectivity index (χ4n) is 3.55. The summed E-state index contributed by atoms with van der Waals surface area (Å²) in [5.41, 5.74) is 0. The van der Waals surface area contributed by atoms with Crippen LogP contribution in [-0.4, -0.2) is 67.7 Å². The number of hydrogen-bond acceptors (Lipinski definition) is 4. The van der Waals surface area contributed by atoms with E-state index < -0.39 is 17.7 Å². The lowest BCUT2D eigenvalue weighted by Crippen LogP contribution is -2.47. The molecule has 2 aliphatic heterocycles. The first-order valence-electron chi connectivity index (χ1n) is 9.23. The quantitative estimate of drug-likeness (QED) is 0.800. The van der Waals surface area contributed by atoms with Gasteiger partial charge in [0, 0.05) is 38.8 Å². The highest BCUT2D eigenvalue weighted by Crippen LogP contribution is 2.22. The van der Waals surface area contributed by atoms with Crippen molar-refractivity contribution >= 4 is 5.91 Å². The number of carbonyl (C=O) groups excluding carboxylic acids is 1. The number of amides is 1. The number of halogens is 2. The molecule has 1 aromatic carbocycles. The topological polar surface area (TPSA) is 42.0 Å². The third kappa shape index (κ3) is 4.92. The third-order valence-corrected chi connectivity index (χ3v) is 5.09. The number of ether oxygens (including phenoxy) is 2. The molecule has 5 nitrogen and oxygen atoms in total. The molecule has 0 N–H and O–H groups in total. The molecule has 2 aliphatic rings. The Balaban J connectivity index is 1.46. The van der Waals surface area contributed by atoms with Gasteiger partial charge in [0.05, 0.1) is 13.2 Å². The maximum absolute atomic E-state index is 13.7. The SMILES string of the molecule is C[C@H](Oc1ccc(F)cc1F)C(=O)N1CCC(CN2CCOCC2)CC1. The number of carbonyl (C=O) groups is 1. The molecule has 2 heterocycles. The first kappa shape index (κ1) is 19.0. The maximum Gasteiger partial charge on any atom is 0.263 e. The highest BCUT2D eigenvalue weighted by atomic mass is 19.1. The van der Waals surface area contributed by atoms with Gasteiger partial charge in [0.1, 0.15) is 5.82 Å². The lowest BCUT2D eigenvalue weighted by atomic mass is 9.95. The van der Waals surface area contributed by atoms with Crippen LogP contribution in [-0.2, 0) is 9.53 Å². The summed E-state index contributed by atoms with van der Waals surface area (Å²) in [4.78, 5) is 16.8. The Hall–Kier alpha value is -1.73. The molecular formula is C19H26F2N2O3. The van der Waals surface area contributed by atoms with Crippen LogP contribution < -0.4 is 4.74 Å². The van der Waals surface area contributed by atoms with Gasteiger partial charge >= 0.3 is 0 Å². The number of benzene rings is 1. The van der Waals surface area contributed by atoms with E-state index in [1.165, 1.54) is 6.07 Å². The highest BCUT2D eigenvalue weighted by Gasteiger charge is 2.28. The molecule has 0 unspecified atom stereocenters. The van der Waals surface area contributed by atoms with Crippen LogP contribution in [0.4, 0.5) is 8.78 Å². The minimum atomic E-state index is -0.800. The first-order valence-corrected chi connectivity index (χ1v) is 9.23. The zero-order valence-electron chi connectivity index (χ0n) is 15.1. The third-order valence-electron chi connectivity index (χ3n) is 5.09. The molecule has 26 heavy (non-hydrogen) atoms. The summed E-state index contributed by atoms with van der Waals surface area (Å²) >= 11 is 0. The average molecular weight is 368 g/mol. The van der Waals surface area contributed by atoms with Crippen molar-refractivity contribution in [3.8, 4) is 5.75 Å². The molecule has 1 atom stereocenters. The van der Waals surface area contributed by atoms with Crippen LogP contribution in [0.25, 0.3) is 0 Å². The minimum absolute atomic E-state index is 0.102. The molecule has 1 amide bonds. The van der Waals surface area contributed by atoms with E-state index in [1.54, 1.807) is 11.8 Å². The van der Waals surface area contributed by atoms with E-state index in [4.69, 9.17) is 9.47 Å². The van der Waals surface area contributed by atoms with Gasteiger partial charge in [-0.15, -0.1) is 0 Å². The fraction of sp³-hybridized carbons (Fsp3) is 0.632. The summed E-state index contributed by atoms with van der Waals surface area (Å²) in [5, 5.41) is 0. The number of likely N-dealkylation sites (tertiary alicyclic amines) is 1. The monoisotopic (exact) mass is 368 g/mol. The van der Waals surface area contributed by atoms with Crippen LogP contribution in [0.1, 0.15) is 19.8 Å². The molecule has 2 fully saturated rings. The van der Waals surface area contributed by atoms with Crippen molar-refractivity contribution in [2.24, 2.45) is 5.92 Å². The number of morpholine rings is 1. The molecule has 144 valence electrons. The Labute approximate surface area is 152 Å². The molecule has 3 rings (SSSR count). The van der Waals surface area contributed by atoms with Crippen molar-refractivity contribution in [3.05, 3.63) is 29.8 Å². The van der Waals surface area contributed by atoms with E-state index in [-0.39, 0.29) is 11.7 Å². The van der Waals surface area contributed by atoms with Crippen molar-refractivity contribution in [1.29, 1.82) is 0 Å². The van der Waals surface area contributed by atoms with E-state index in [9.17, 15) is 13.6 Å². The van der Waals surface area contributed by atoms with Crippen molar-refractivity contribution in [2.45, 2.75) is 25.9 Å². The molecular weight excluding hydrogens is 342 g/mol. The van der Waals surface area contributed by atoms with Gasteiger partial charge in [-0.2, -0.15) is 0 Å². The predicted octanol–water partition coefficient (Wildman–Crippen LogP) is 2.30. The standard InChI is InChI=1S/C19H26F2N2O3/c1-14(26-18-3-2-16(20)12-17(18)21)19(24)23-6-4-15(5-7-23)13-22-8-10-25-11-9-22/h2-3,12,14-15H,4-11,13H2,1H3/t14-/m0/s1. The lowest BCUT2D eigenvalue weighted by Gasteiger charge is -2.36. The van der Waals surface area contributed by atoms with Gasteiger partial charge in [-0.1, -0.05) is 0 Å². The van der Waals surface area contributed by atoms with Crippen molar-refractivity contribution in [3.63, 3.8) is 0 Å². The minimum Gasteiger partial charge on any atom is -0.478 e. The number of nitrogens with zero attached hydrogens (tertiary/aromatic N) is 2. The molecule has 0 spiro atoms. The van der Waals surface area contributed by atoms with E-state index in [2.05, 4.69) is 4.90 Å². The molecule has 0 aliphatic carbocycles. The number of hydrogen-bond donors (Lipinski definition) is 0. The van der Waals surface area contributed by atoms with Gasteiger partial charge in [-0.25, -0.2) is 8.78 Å².